The first kappa shape index (κ1) is 18.6. The Hall–Kier alpha value is -2.76. The summed E-state index contributed by atoms with van der Waals surface area (Å²) in [7, 11) is 0. The van der Waals surface area contributed by atoms with Crippen LogP contribution in [-0.2, 0) is 6.54 Å². The molecule has 0 aliphatic heterocycles. The largest absolute Gasteiger partial charge is 0.494 e. The Labute approximate surface area is 169 Å². The maximum atomic E-state index is 12.2. The number of aryl methyl sites for hydroxylation is 1. The van der Waals surface area contributed by atoms with Crippen LogP contribution in [0.2, 0.25) is 10.0 Å². The van der Waals surface area contributed by atoms with Crippen molar-refractivity contribution < 1.29 is 9.15 Å². The Bertz CT molecular complexity index is 1290. The molecule has 142 valence electrons. The number of benzene rings is 3. The highest BCUT2D eigenvalue weighted by atomic mass is 35.5. The minimum atomic E-state index is -0.757. The van der Waals surface area contributed by atoms with E-state index in [0.29, 0.717) is 23.6 Å². The molecule has 0 N–H and O–H groups in total. The monoisotopic (exact) mass is 415 g/mol. The molecule has 0 atom stereocenters. The number of halogens is 2. The molecule has 0 fully saturated rings. The van der Waals surface area contributed by atoms with E-state index in [1.807, 2.05) is 42.5 Å². The molecule has 0 unspecified atom stereocenters. The van der Waals surface area contributed by atoms with Crippen LogP contribution in [0.15, 0.2) is 68.6 Å². The van der Waals surface area contributed by atoms with E-state index < -0.39 is 11.4 Å². The summed E-state index contributed by atoms with van der Waals surface area (Å²) >= 11 is 12.2. The fourth-order valence-corrected chi connectivity index (χ4v) is 3.74. The predicted octanol–water partition coefficient (Wildman–Crippen LogP) is 4.88. The fourth-order valence-electron chi connectivity index (χ4n) is 3.15. The van der Waals surface area contributed by atoms with Gasteiger partial charge in [-0.15, -0.1) is 0 Å². The lowest BCUT2D eigenvalue weighted by Crippen LogP contribution is -2.26. The average molecular weight is 416 g/mol. The van der Waals surface area contributed by atoms with E-state index in [1.54, 1.807) is 0 Å². The molecular weight excluding hydrogens is 401 g/mol. The molecule has 0 amide bonds. The number of nitrogens with zero attached hydrogens (tertiary/aromatic N) is 1. The van der Waals surface area contributed by atoms with Crippen LogP contribution in [0, 0.1) is 0 Å². The Morgan fingerprint density at radius 3 is 2.57 bits per heavy atom. The molecule has 28 heavy (non-hydrogen) atoms. The molecule has 3 aromatic carbocycles. The molecule has 1 aromatic heterocycles. The fraction of sp³-hybridized carbons (Fsp3) is 0.143. The van der Waals surface area contributed by atoms with Crippen molar-refractivity contribution in [1.29, 1.82) is 0 Å². The standard InChI is InChI=1S/C21H15Cl2NO4/c22-15-11-17-19(18(23)12-15)24(21(26)28-20(17)25)8-3-9-27-16-7-6-13-4-1-2-5-14(13)10-16/h1-2,4-7,10-12H,3,8-9H2. The molecule has 0 aliphatic rings. The first-order valence-electron chi connectivity index (χ1n) is 8.67. The third-order valence-electron chi connectivity index (χ3n) is 4.43. The van der Waals surface area contributed by atoms with Crippen LogP contribution in [0.1, 0.15) is 6.42 Å². The zero-order valence-electron chi connectivity index (χ0n) is 14.7. The number of hydrogen-bond acceptors (Lipinski definition) is 4. The van der Waals surface area contributed by atoms with Crippen molar-refractivity contribution in [3.05, 3.63) is 85.6 Å². The zero-order chi connectivity index (χ0) is 19.7. The van der Waals surface area contributed by atoms with Crippen molar-refractivity contribution >= 4 is 44.9 Å². The minimum Gasteiger partial charge on any atom is -0.494 e. The molecule has 0 saturated heterocycles. The molecular formula is C21H15Cl2NO4. The molecule has 7 heteroatoms. The van der Waals surface area contributed by atoms with Gasteiger partial charge in [0.1, 0.15) is 5.75 Å². The maximum Gasteiger partial charge on any atom is 0.422 e. The van der Waals surface area contributed by atoms with E-state index >= 15 is 0 Å². The lowest BCUT2D eigenvalue weighted by Gasteiger charge is -2.11. The van der Waals surface area contributed by atoms with Gasteiger partial charge in [0.05, 0.1) is 22.5 Å². The molecule has 0 aliphatic carbocycles. The van der Waals surface area contributed by atoms with Crippen LogP contribution in [0.5, 0.6) is 5.75 Å². The summed E-state index contributed by atoms with van der Waals surface area (Å²) in [5, 5.41) is 2.93. The normalized spacial score (nSPS) is 11.2. The predicted molar refractivity (Wildman–Crippen MR) is 111 cm³/mol. The van der Waals surface area contributed by atoms with Crippen molar-refractivity contribution in [3.8, 4) is 5.75 Å². The Balaban J connectivity index is 1.52. The highest BCUT2D eigenvalue weighted by Gasteiger charge is 2.14. The first-order chi connectivity index (χ1) is 13.5. The van der Waals surface area contributed by atoms with E-state index in [1.165, 1.54) is 16.7 Å². The Morgan fingerprint density at radius 2 is 1.75 bits per heavy atom. The summed E-state index contributed by atoms with van der Waals surface area (Å²) in [6.45, 7) is 0.671. The van der Waals surface area contributed by atoms with Gasteiger partial charge in [-0.2, -0.15) is 0 Å². The van der Waals surface area contributed by atoms with E-state index in [2.05, 4.69) is 0 Å². The number of hydrogen-bond donors (Lipinski definition) is 0. The topological polar surface area (TPSA) is 61.4 Å². The van der Waals surface area contributed by atoms with E-state index in [0.717, 1.165) is 16.5 Å². The molecule has 0 bridgehead atoms. The molecule has 5 nitrogen and oxygen atoms in total. The molecule has 4 aromatic rings. The first-order valence-corrected chi connectivity index (χ1v) is 9.43. The van der Waals surface area contributed by atoms with Gasteiger partial charge in [0.15, 0.2) is 0 Å². The van der Waals surface area contributed by atoms with Crippen LogP contribution in [0.4, 0.5) is 0 Å². The number of fused-ring (bicyclic) bond motifs is 2. The van der Waals surface area contributed by atoms with Gasteiger partial charge >= 0.3 is 11.4 Å². The second kappa shape index (κ2) is 7.70. The summed E-state index contributed by atoms with van der Waals surface area (Å²) < 4.78 is 11.9. The molecule has 1 heterocycles. The van der Waals surface area contributed by atoms with Gasteiger partial charge in [0.2, 0.25) is 0 Å². The smallest absolute Gasteiger partial charge is 0.422 e. The minimum absolute atomic E-state index is 0.174. The quantitative estimate of drug-likeness (QED) is 0.435. The highest BCUT2D eigenvalue weighted by molar-refractivity contribution is 6.38. The van der Waals surface area contributed by atoms with E-state index in [-0.39, 0.29) is 17.0 Å². The maximum absolute atomic E-state index is 12.2. The number of aromatic nitrogens is 1. The summed E-state index contributed by atoms with van der Waals surface area (Å²) in [6.07, 6.45) is 0.522. The van der Waals surface area contributed by atoms with Gasteiger partial charge in [-0.25, -0.2) is 9.59 Å². The van der Waals surface area contributed by atoms with Gasteiger partial charge in [0.25, 0.3) is 0 Å². The number of ether oxygens (including phenoxy) is 1. The summed E-state index contributed by atoms with van der Waals surface area (Å²) in [4.78, 5) is 24.1. The van der Waals surface area contributed by atoms with Crippen LogP contribution < -0.4 is 16.1 Å². The van der Waals surface area contributed by atoms with E-state index in [4.69, 9.17) is 32.4 Å². The van der Waals surface area contributed by atoms with Crippen LogP contribution in [0.25, 0.3) is 21.7 Å². The van der Waals surface area contributed by atoms with Gasteiger partial charge < -0.3 is 9.15 Å². The second-order valence-corrected chi connectivity index (χ2v) is 7.15. The second-order valence-electron chi connectivity index (χ2n) is 6.30. The zero-order valence-corrected chi connectivity index (χ0v) is 16.2. The van der Waals surface area contributed by atoms with Crippen molar-refractivity contribution in [2.75, 3.05) is 6.61 Å². The SMILES string of the molecule is O=c1oc(=O)n(CCCOc2ccc3ccccc3c2)c2c(Cl)cc(Cl)cc12. The van der Waals surface area contributed by atoms with Crippen LogP contribution in [0.3, 0.4) is 0 Å². The molecule has 4 rings (SSSR count). The molecule has 0 saturated carbocycles. The van der Waals surface area contributed by atoms with Crippen molar-refractivity contribution in [2.24, 2.45) is 0 Å². The van der Waals surface area contributed by atoms with Gasteiger partial charge in [0, 0.05) is 11.6 Å². The third-order valence-corrected chi connectivity index (χ3v) is 4.94. The Kier molecular flexibility index (Phi) is 5.11. The Morgan fingerprint density at radius 1 is 0.964 bits per heavy atom. The lowest BCUT2D eigenvalue weighted by atomic mass is 10.1. The summed E-state index contributed by atoms with van der Waals surface area (Å²) in [5.41, 5.74) is -0.439. The summed E-state index contributed by atoms with van der Waals surface area (Å²) in [5.74, 6) is -0.00672. The van der Waals surface area contributed by atoms with Crippen molar-refractivity contribution in [1.82, 2.24) is 4.57 Å². The highest BCUT2D eigenvalue weighted by Crippen LogP contribution is 2.25. The van der Waals surface area contributed by atoms with Gasteiger partial charge in [-0.3, -0.25) is 4.57 Å². The molecule has 0 radical (unpaired) electrons. The van der Waals surface area contributed by atoms with Crippen LogP contribution >= 0.6 is 23.2 Å². The van der Waals surface area contributed by atoms with Crippen molar-refractivity contribution in [3.63, 3.8) is 0 Å². The molecule has 0 spiro atoms. The summed E-state index contributed by atoms with van der Waals surface area (Å²) in [6, 6.07) is 16.8. The van der Waals surface area contributed by atoms with E-state index in [9.17, 15) is 9.59 Å². The number of rotatable bonds is 5. The van der Waals surface area contributed by atoms with Gasteiger partial charge in [-0.05, 0) is 41.5 Å². The van der Waals surface area contributed by atoms with Gasteiger partial charge in [-0.1, -0.05) is 53.5 Å². The van der Waals surface area contributed by atoms with Crippen molar-refractivity contribution in [2.45, 2.75) is 13.0 Å². The lowest BCUT2D eigenvalue weighted by molar-refractivity contribution is 0.297. The van der Waals surface area contributed by atoms with Crippen LogP contribution in [-0.4, -0.2) is 11.2 Å². The third kappa shape index (κ3) is 3.63. The average Bonchev–Trinajstić information content (AvgIpc) is 2.67.